The maximum absolute atomic E-state index is 3.59. The molecule has 0 bridgehead atoms. The van der Waals surface area contributed by atoms with Crippen molar-refractivity contribution < 1.29 is 0 Å². The summed E-state index contributed by atoms with van der Waals surface area (Å²) in [5.41, 5.74) is 0. The third-order valence-electron chi connectivity index (χ3n) is 3.47. The Hall–Kier alpha value is -0.0800. The van der Waals surface area contributed by atoms with Gasteiger partial charge in [0.15, 0.2) is 0 Å². The smallest absolute Gasteiger partial charge is 0.0108 e. The van der Waals surface area contributed by atoms with Gasteiger partial charge in [0.05, 0.1) is 0 Å². The van der Waals surface area contributed by atoms with Gasteiger partial charge in [-0.2, -0.15) is 0 Å². The van der Waals surface area contributed by atoms with Crippen LogP contribution in [0.15, 0.2) is 0 Å². The van der Waals surface area contributed by atoms with Crippen molar-refractivity contribution in [1.29, 1.82) is 0 Å². The molecule has 2 fully saturated rings. The van der Waals surface area contributed by atoms with Crippen LogP contribution in [-0.2, 0) is 0 Å². The summed E-state index contributed by atoms with van der Waals surface area (Å²) >= 11 is 0. The van der Waals surface area contributed by atoms with Gasteiger partial charge >= 0.3 is 0 Å². The second kappa shape index (κ2) is 3.75. The fraction of sp³-hybridized carbons (Fsp3) is 1.00. The Kier molecular flexibility index (Phi) is 2.66. The zero-order chi connectivity index (χ0) is 8.39. The van der Waals surface area contributed by atoms with Crippen molar-refractivity contribution in [3.8, 4) is 0 Å². The molecule has 2 aliphatic heterocycles. The van der Waals surface area contributed by atoms with Crippen molar-refractivity contribution in [2.75, 3.05) is 13.1 Å². The highest BCUT2D eigenvalue weighted by atomic mass is 15.0. The zero-order valence-corrected chi connectivity index (χ0v) is 7.97. The average molecular weight is 168 g/mol. The zero-order valence-electron chi connectivity index (χ0n) is 7.97. The highest BCUT2D eigenvalue weighted by Crippen LogP contribution is 2.22. The van der Waals surface area contributed by atoms with E-state index in [1.807, 2.05) is 0 Å². The highest BCUT2D eigenvalue weighted by Gasteiger charge is 2.29. The standard InChI is InChI=1S/C10H20N2/c1-8(9-4-2-6-11-9)10-5-3-7-12-10/h8-12H,2-7H2,1H3/t8?,9-,10?/m1/s1. The summed E-state index contributed by atoms with van der Waals surface area (Å²) in [4.78, 5) is 0. The predicted octanol–water partition coefficient (Wildman–Crippen LogP) is 1.13. The molecule has 0 aromatic rings. The predicted molar refractivity (Wildman–Crippen MR) is 51.2 cm³/mol. The maximum Gasteiger partial charge on any atom is 0.0108 e. The molecular formula is C10H20N2. The quantitative estimate of drug-likeness (QED) is 0.646. The van der Waals surface area contributed by atoms with Crippen LogP contribution in [0.1, 0.15) is 32.6 Å². The van der Waals surface area contributed by atoms with Crippen molar-refractivity contribution in [2.24, 2.45) is 5.92 Å². The molecule has 0 radical (unpaired) electrons. The summed E-state index contributed by atoms with van der Waals surface area (Å²) in [6, 6.07) is 1.58. The molecule has 2 unspecified atom stereocenters. The lowest BCUT2D eigenvalue weighted by molar-refractivity contribution is 0.331. The second-order valence-corrected chi connectivity index (χ2v) is 4.26. The fourth-order valence-electron chi connectivity index (χ4n) is 2.60. The molecular weight excluding hydrogens is 148 g/mol. The lowest BCUT2D eigenvalue weighted by Crippen LogP contribution is -2.40. The second-order valence-electron chi connectivity index (χ2n) is 4.26. The molecule has 2 heterocycles. The van der Waals surface area contributed by atoms with Crippen LogP contribution in [-0.4, -0.2) is 25.2 Å². The van der Waals surface area contributed by atoms with Gasteiger partial charge in [-0.1, -0.05) is 6.92 Å². The Labute approximate surface area is 75.1 Å². The molecule has 2 aliphatic rings. The Morgan fingerprint density at radius 2 is 1.50 bits per heavy atom. The van der Waals surface area contributed by atoms with Gasteiger partial charge in [0.25, 0.3) is 0 Å². The van der Waals surface area contributed by atoms with E-state index in [1.54, 1.807) is 0 Å². The Morgan fingerprint density at radius 1 is 1.00 bits per heavy atom. The van der Waals surface area contributed by atoms with Gasteiger partial charge in [0.2, 0.25) is 0 Å². The highest BCUT2D eigenvalue weighted by molar-refractivity contribution is 4.88. The van der Waals surface area contributed by atoms with E-state index in [-0.39, 0.29) is 0 Å². The molecule has 70 valence electrons. The van der Waals surface area contributed by atoms with E-state index in [4.69, 9.17) is 0 Å². The van der Waals surface area contributed by atoms with Gasteiger partial charge in [0, 0.05) is 12.1 Å². The van der Waals surface area contributed by atoms with E-state index in [1.165, 1.54) is 38.8 Å². The first-order valence-corrected chi connectivity index (χ1v) is 5.34. The SMILES string of the molecule is CC(C1CCCN1)[C@H]1CCCN1. The number of rotatable bonds is 2. The van der Waals surface area contributed by atoms with Crippen molar-refractivity contribution in [3.05, 3.63) is 0 Å². The van der Waals surface area contributed by atoms with E-state index in [0.717, 1.165) is 18.0 Å². The maximum atomic E-state index is 3.59. The van der Waals surface area contributed by atoms with Crippen LogP contribution in [0.2, 0.25) is 0 Å². The molecule has 12 heavy (non-hydrogen) atoms. The molecule has 0 saturated carbocycles. The van der Waals surface area contributed by atoms with Crippen LogP contribution in [0.25, 0.3) is 0 Å². The van der Waals surface area contributed by atoms with Crippen molar-refractivity contribution in [3.63, 3.8) is 0 Å². The van der Waals surface area contributed by atoms with Crippen LogP contribution in [0, 0.1) is 5.92 Å². The number of nitrogens with one attached hydrogen (secondary N) is 2. The summed E-state index contributed by atoms with van der Waals surface area (Å²) < 4.78 is 0. The first-order chi connectivity index (χ1) is 5.88. The van der Waals surface area contributed by atoms with Gasteiger partial charge in [-0.15, -0.1) is 0 Å². The van der Waals surface area contributed by atoms with Crippen molar-refractivity contribution in [2.45, 2.75) is 44.7 Å². The lowest BCUT2D eigenvalue weighted by atomic mass is 9.91. The molecule has 0 spiro atoms. The third-order valence-corrected chi connectivity index (χ3v) is 3.47. The molecule has 2 nitrogen and oxygen atoms in total. The summed E-state index contributed by atoms with van der Waals surface area (Å²) in [6.45, 7) is 4.87. The van der Waals surface area contributed by atoms with E-state index >= 15 is 0 Å². The van der Waals surface area contributed by atoms with Gasteiger partial charge in [-0.3, -0.25) is 0 Å². The van der Waals surface area contributed by atoms with E-state index in [2.05, 4.69) is 17.6 Å². The molecule has 0 aromatic carbocycles. The molecule has 0 amide bonds. The topological polar surface area (TPSA) is 24.1 Å². The van der Waals surface area contributed by atoms with E-state index in [9.17, 15) is 0 Å². The molecule has 2 heteroatoms. The lowest BCUT2D eigenvalue weighted by Gasteiger charge is -2.25. The van der Waals surface area contributed by atoms with Crippen LogP contribution in [0.3, 0.4) is 0 Å². The first-order valence-electron chi connectivity index (χ1n) is 5.34. The third kappa shape index (κ3) is 1.64. The van der Waals surface area contributed by atoms with E-state index in [0.29, 0.717) is 0 Å². The largest absolute Gasteiger partial charge is 0.314 e. The van der Waals surface area contributed by atoms with Crippen LogP contribution in [0.5, 0.6) is 0 Å². The molecule has 3 atom stereocenters. The first kappa shape index (κ1) is 8.52. The average Bonchev–Trinajstić information content (AvgIpc) is 2.77. The molecule has 2 N–H and O–H groups in total. The molecule has 2 saturated heterocycles. The molecule has 2 rings (SSSR count). The Bertz CT molecular complexity index is 119. The minimum atomic E-state index is 0.792. The summed E-state index contributed by atoms with van der Waals surface area (Å²) in [6.07, 6.45) is 5.53. The van der Waals surface area contributed by atoms with Gasteiger partial charge in [-0.05, 0) is 44.7 Å². The van der Waals surface area contributed by atoms with Crippen LogP contribution < -0.4 is 10.6 Å². The van der Waals surface area contributed by atoms with Crippen molar-refractivity contribution >= 4 is 0 Å². The minimum Gasteiger partial charge on any atom is -0.314 e. The molecule has 0 aromatic heterocycles. The number of hydrogen-bond donors (Lipinski definition) is 2. The minimum absolute atomic E-state index is 0.792. The monoisotopic (exact) mass is 168 g/mol. The molecule has 0 aliphatic carbocycles. The van der Waals surface area contributed by atoms with Crippen LogP contribution in [0.4, 0.5) is 0 Å². The number of hydrogen-bond acceptors (Lipinski definition) is 2. The van der Waals surface area contributed by atoms with Crippen LogP contribution >= 0.6 is 0 Å². The van der Waals surface area contributed by atoms with Crippen molar-refractivity contribution in [1.82, 2.24) is 10.6 Å². The summed E-state index contributed by atoms with van der Waals surface area (Å²) in [5.74, 6) is 0.829. The summed E-state index contributed by atoms with van der Waals surface area (Å²) in [5, 5.41) is 7.19. The normalized spacial score (nSPS) is 38.8. The van der Waals surface area contributed by atoms with Gasteiger partial charge in [0.1, 0.15) is 0 Å². The van der Waals surface area contributed by atoms with Gasteiger partial charge < -0.3 is 10.6 Å². The Balaban J connectivity index is 1.84. The Morgan fingerprint density at radius 3 is 1.83 bits per heavy atom. The van der Waals surface area contributed by atoms with E-state index < -0.39 is 0 Å². The summed E-state index contributed by atoms with van der Waals surface area (Å²) in [7, 11) is 0. The fourth-order valence-corrected chi connectivity index (χ4v) is 2.60. The van der Waals surface area contributed by atoms with Gasteiger partial charge in [-0.25, -0.2) is 0 Å².